The van der Waals surface area contributed by atoms with Crippen molar-refractivity contribution in [3.8, 4) is 5.75 Å². The summed E-state index contributed by atoms with van der Waals surface area (Å²) < 4.78 is 32.4. The third kappa shape index (κ3) is 3.27. The molecule has 1 aromatic heterocycles. The Morgan fingerprint density at radius 1 is 1.43 bits per heavy atom. The minimum atomic E-state index is -3.77. The second kappa shape index (κ2) is 5.90. The van der Waals surface area contributed by atoms with E-state index in [0.29, 0.717) is 10.8 Å². The summed E-state index contributed by atoms with van der Waals surface area (Å²) in [5.74, 6) is 0.200. The van der Waals surface area contributed by atoms with Crippen molar-refractivity contribution in [3.05, 3.63) is 28.8 Å². The van der Waals surface area contributed by atoms with Crippen molar-refractivity contribution in [2.24, 2.45) is 0 Å². The van der Waals surface area contributed by atoms with Crippen LogP contribution >= 0.6 is 11.3 Å². The largest absolute Gasteiger partial charge is 0.495 e. The molecule has 114 valence electrons. The van der Waals surface area contributed by atoms with Crippen LogP contribution in [0.2, 0.25) is 0 Å². The molecule has 0 saturated heterocycles. The number of rotatable bonds is 5. The molecule has 0 atom stereocenters. The number of aromatic nitrogens is 1. The van der Waals surface area contributed by atoms with Gasteiger partial charge in [-0.05, 0) is 25.5 Å². The van der Waals surface area contributed by atoms with Gasteiger partial charge in [0, 0.05) is 16.6 Å². The summed E-state index contributed by atoms with van der Waals surface area (Å²) in [4.78, 5) is 5.31. The Morgan fingerprint density at radius 3 is 2.71 bits per heavy atom. The van der Waals surface area contributed by atoms with E-state index in [1.54, 1.807) is 0 Å². The number of aryl methyl sites for hydroxylation is 2. The highest BCUT2D eigenvalue weighted by Gasteiger charge is 2.21. The van der Waals surface area contributed by atoms with E-state index in [0.717, 1.165) is 17.0 Å². The quantitative estimate of drug-likeness (QED) is 0.822. The van der Waals surface area contributed by atoms with Gasteiger partial charge in [0.15, 0.2) is 5.13 Å². The molecule has 2 aromatic rings. The highest BCUT2D eigenvalue weighted by Crippen LogP contribution is 2.30. The van der Waals surface area contributed by atoms with Crippen LogP contribution in [0.4, 0.5) is 10.8 Å². The number of nitrogens with two attached hydrogens (primary N) is 1. The standard InChI is InChI=1S/C13H17N3O3S2/c1-4-10-8(2)20-13(15-10)16-21(17,18)12-6-5-9(14)7-11(12)19-3/h5-7H,4,14H2,1-3H3,(H,15,16). The minimum absolute atomic E-state index is 0.0325. The van der Waals surface area contributed by atoms with Crippen molar-refractivity contribution >= 4 is 32.2 Å². The number of hydrogen-bond donors (Lipinski definition) is 2. The minimum Gasteiger partial charge on any atom is -0.495 e. The number of nitrogens with zero attached hydrogens (tertiary/aromatic N) is 1. The van der Waals surface area contributed by atoms with Gasteiger partial charge in [-0.15, -0.1) is 11.3 Å². The lowest BCUT2D eigenvalue weighted by atomic mass is 10.3. The molecule has 0 bridgehead atoms. The zero-order valence-corrected chi connectivity index (χ0v) is 13.6. The molecule has 0 saturated carbocycles. The lowest BCUT2D eigenvalue weighted by Gasteiger charge is -2.10. The molecule has 0 aliphatic carbocycles. The molecule has 21 heavy (non-hydrogen) atoms. The third-order valence-corrected chi connectivity index (χ3v) is 5.36. The van der Waals surface area contributed by atoms with Crippen molar-refractivity contribution in [3.63, 3.8) is 0 Å². The van der Waals surface area contributed by atoms with E-state index in [4.69, 9.17) is 10.5 Å². The van der Waals surface area contributed by atoms with Gasteiger partial charge in [-0.1, -0.05) is 6.92 Å². The Labute approximate surface area is 128 Å². The van der Waals surface area contributed by atoms with Crippen LogP contribution in [0.3, 0.4) is 0 Å². The zero-order chi connectivity index (χ0) is 15.6. The van der Waals surface area contributed by atoms with E-state index in [-0.39, 0.29) is 10.6 Å². The Bertz CT molecular complexity index is 754. The molecule has 1 heterocycles. The highest BCUT2D eigenvalue weighted by molar-refractivity contribution is 7.93. The zero-order valence-electron chi connectivity index (χ0n) is 12.0. The van der Waals surface area contributed by atoms with Crippen LogP contribution in [0.15, 0.2) is 23.1 Å². The molecular weight excluding hydrogens is 310 g/mol. The molecule has 6 nitrogen and oxygen atoms in total. The molecule has 0 spiro atoms. The maximum absolute atomic E-state index is 12.4. The van der Waals surface area contributed by atoms with Gasteiger partial charge in [0.05, 0.1) is 12.8 Å². The number of hydrogen-bond acceptors (Lipinski definition) is 6. The van der Waals surface area contributed by atoms with Crippen LogP contribution in [-0.4, -0.2) is 20.5 Å². The molecule has 0 aliphatic heterocycles. The summed E-state index contributed by atoms with van der Waals surface area (Å²) in [5.41, 5.74) is 6.96. The van der Waals surface area contributed by atoms with Gasteiger partial charge in [0.1, 0.15) is 10.6 Å². The van der Waals surface area contributed by atoms with Gasteiger partial charge in [0.25, 0.3) is 10.0 Å². The maximum Gasteiger partial charge on any atom is 0.267 e. The van der Waals surface area contributed by atoms with Gasteiger partial charge < -0.3 is 10.5 Å². The molecule has 0 radical (unpaired) electrons. The number of nitrogens with one attached hydrogen (secondary N) is 1. The van der Waals surface area contributed by atoms with Crippen LogP contribution in [-0.2, 0) is 16.4 Å². The van der Waals surface area contributed by atoms with E-state index < -0.39 is 10.0 Å². The maximum atomic E-state index is 12.4. The third-order valence-electron chi connectivity index (χ3n) is 2.93. The number of sulfonamides is 1. The lowest BCUT2D eigenvalue weighted by molar-refractivity contribution is 0.403. The van der Waals surface area contributed by atoms with Gasteiger partial charge in [0.2, 0.25) is 0 Å². The van der Waals surface area contributed by atoms with Crippen LogP contribution < -0.4 is 15.2 Å². The van der Waals surface area contributed by atoms with E-state index in [9.17, 15) is 8.42 Å². The molecular formula is C13H17N3O3S2. The van der Waals surface area contributed by atoms with E-state index in [1.165, 1.54) is 36.6 Å². The smallest absolute Gasteiger partial charge is 0.267 e. The topological polar surface area (TPSA) is 94.3 Å². The van der Waals surface area contributed by atoms with Crippen molar-refractivity contribution in [2.75, 3.05) is 17.6 Å². The predicted octanol–water partition coefficient (Wildman–Crippen LogP) is 2.41. The van der Waals surface area contributed by atoms with Crippen molar-refractivity contribution in [1.29, 1.82) is 0 Å². The van der Waals surface area contributed by atoms with Gasteiger partial charge in [-0.25, -0.2) is 13.4 Å². The average Bonchev–Trinajstić information content (AvgIpc) is 2.77. The summed E-state index contributed by atoms with van der Waals surface area (Å²) in [7, 11) is -2.37. The first-order valence-corrected chi connectivity index (χ1v) is 8.60. The Kier molecular flexibility index (Phi) is 4.38. The fraction of sp³-hybridized carbons (Fsp3) is 0.308. The number of anilines is 2. The van der Waals surface area contributed by atoms with Crippen LogP contribution in [0, 0.1) is 6.92 Å². The summed E-state index contributed by atoms with van der Waals surface area (Å²) in [5, 5.41) is 0.350. The first kappa shape index (κ1) is 15.6. The lowest BCUT2D eigenvalue weighted by Crippen LogP contribution is -2.14. The molecule has 8 heteroatoms. The number of thiazole rings is 1. The summed E-state index contributed by atoms with van der Waals surface area (Å²) >= 11 is 1.31. The Morgan fingerprint density at radius 2 is 2.14 bits per heavy atom. The fourth-order valence-corrected chi connectivity index (χ4v) is 4.17. The predicted molar refractivity (Wildman–Crippen MR) is 84.4 cm³/mol. The Balaban J connectivity index is 2.38. The van der Waals surface area contributed by atoms with Gasteiger partial charge in [-0.3, -0.25) is 4.72 Å². The van der Waals surface area contributed by atoms with Crippen molar-refractivity contribution in [1.82, 2.24) is 4.98 Å². The number of methoxy groups -OCH3 is 1. The molecule has 3 N–H and O–H groups in total. The number of nitrogen functional groups attached to an aromatic ring is 1. The van der Waals surface area contributed by atoms with Gasteiger partial charge >= 0.3 is 0 Å². The molecule has 1 aromatic carbocycles. The number of ether oxygens (including phenoxy) is 1. The normalized spacial score (nSPS) is 11.4. The average molecular weight is 327 g/mol. The summed E-state index contributed by atoms with van der Waals surface area (Å²) in [6, 6.07) is 4.40. The first-order valence-electron chi connectivity index (χ1n) is 6.30. The summed E-state index contributed by atoms with van der Waals surface area (Å²) in [6.07, 6.45) is 0.759. The monoisotopic (exact) mass is 327 g/mol. The number of benzene rings is 1. The molecule has 2 rings (SSSR count). The van der Waals surface area contributed by atoms with Crippen molar-refractivity contribution < 1.29 is 13.2 Å². The van der Waals surface area contributed by atoms with E-state index in [1.807, 2.05) is 13.8 Å². The highest BCUT2D eigenvalue weighted by atomic mass is 32.2. The molecule has 0 aliphatic rings. The van der Waals surface area contributed by atoms with Crippen LogP contribution in [0.1, 0.15) is 17.5 Å². The van der Waals surface area contributed by atoms with Crippen molar-refractivity contribution in [2.45, 2.75) is 25.2 Å². The second-order valence-electron chi connectivity index (χ2n) is 4.39. The van der Waals surface area contributed by atoms with Gasteiger partial charge in [-0.2, -0.15) is 0 Å². The molecule has 0 unspecified atom stereocenters. The second-order valence-corrected chi connectivity index (χ2v) is 7.25. The van der Waals surface area contributed by atoms with E-state index in [2.05, 4.69) is 9.71 Å². The fourth-order valence-electron chi connectivity index (χ4n) is 1.88. The Hall–Kier alpha value is -1.80. The SMILES string of the molecule is CCc1nc(NS(=O)(=O)c2ccc(N)cc2OC)sc1C. The van der Waals surface area contributed by atoms with Crippen LogP contribution in [0.25, 0.3) is 0 Å². The summed E-state index contributed by atoms with van der Waals surface area (Å²) in [6.45, 7) is 3.89. The van der Waals surface area contributed by atoms with Crippen LogP contribution in [0.5, 0.6) is 5.75 Å². The first-order chi connectivity index (χ1) is 9.87. The van der Waals surface area contributed by atoms with E-state index >= 15 is 0 Å². The molecule has 0 amide bonds. The molecule has 0 fully saturated rings.